The van der Waals surface area contributed by atoms with E-state index in [-0.39, 0.29) is 0 Å². The van der Waals surface area contributed by atoms with Gasteiger partial charge in [0.15, 0.2) is 0 Å². The predicted octanol–water partition coefficient (Wildman–Crippen LogP) is 5.32. The molecule has 1 unspecified atom stereocenters. The predicted molar refractivity (Wildman–Crippen MR) is 101 cm³/mol. The number of nitrogens with one attached hydrogen (secondary N) is 1. The number of rotatable bonds is 7. The molecule has 0 aliphatic heterocycles. The Morgan fingerprint density at radius 2 is 1.61 bits per heavy atom. The van der Waals surface area contributed by atoms with Crippen LogP contribution in [-0.2, 0) is 6.42 Å². The molecule has 2 aromatic carbocycles. The molecular weight excluding hydrogens is 282 g/mol. The smallest absolute Gasteiger partial charge is 0.0626 e. The summed E-state index contributed by atoms with van der Waals surface area (Å²) in [5.41, 5.74) is 6.36. The Hall–Kier alpha value is -2.42. The van der Waals surface area contributed by atoms with Gasteiger partial charge in [0.25, 0.3) is 0 Å². The fourth-order valence-electron chi connectivity index (χ4n) is 2.13. The number of para-hydroxylation sites is 1. The van der Waals surface area contributed by atoms with Gasteiger partial charge in [0.05, 0.1) is 11.4 Å². The number of benzene rings is 2. The fraction of sp³-hybridized carbons (Fsp3) is 0.300. The molecular formula is C20H25N3. The van der Waals surface area contributed by atoms with E-state index in [1.54, 1.807) is 0 Å². The van der Waals surface area contributed by atoms with Crippen LogP contribution in [0.4, 0.5) is 11.4 Å². The summed E-state index contributed by atoms with van der Waals surface area (Å²) < 4.78 is 0. The summed E-state index contributed by atoms with van der Waals surface area (Å²) in [4.78, 5) is 4.45. The molecule has 2 rings (SSSR count). The fourth-order valence-corrected chi connectivity index (χ4v) is 2.13. The lowest BCUT2D eigenvalue weighted by atomic mass is 10.0. The molecule has 0 aliphatic rings. The molecule has 1 N–H and O–H groups in total. The topological polar surface area (TPSA) is 36.8 Å². The average molecular weight is 307 g/mol. The third-order valence-electron chi connectivity index (χ3n) is 3.31. The largest absolute Gasteiger partial charge is 0.279 e. The van der Waals surface area contributed by atoms with E-state index in [9.17, 15) is 0 Å². The maximum Gasteiger partial charge on any atom is 0.0626 e. The quantitative estimate of drug-likeness (QED) is 0.545. The zero-order valence-electron chi connectivity index (χ0n) is 14.1. The van der Waals surface area contributed by atoms with Crippen molar-refractivity contribution in [1.82, 2.24) is 0 Å². The maximum absolute atomic E-state index is 4.45. The third kappa shape index (κ3) is 6.47. The van der Waals surface area contributed by atoms with Crippen LogP contribution in [0.3, 0.4) is 0 Å². The Balaban J connectivity index is 1.84. The Bertz CT molecular complexity index is 628. The van der Waals surface area contributed by atoms with Gasteiger partial charge in [-0.1, -0.05) is 51.1 Å². The molecule has 0 saturated carbocycles. The van der Waals surface area contributed by atoms with E-state index >= 15 is 0 Å². The summed E-state index contributed by atoms with van der Waals surface area (Å²) in [5.74, 6) is 0.847. The summed E-state index contributed by atoms with van der Waals surface area (Å²) in [6.07, 6.45) is 4.89. The Labute approximate surface area is 139 Å². The molecule has 120 valence electrons. The minimum atomic E-state index is 0.372. The van der Waals surface area contributed by atoms with Crippen LogP contribution in [0.2, 0.25) is 0 Å². The van der Waals surface area contributed by atoms with Gasteiger partial charge in [0.1, 0.15) is 0 Å². The number of anilines is 1. The summed E-state index contributed by atoms with van der Waals surface area (Å²) in [6.45, 7) is 6.42. The van der Waals surface area contributed by atoms with Crippen LogP contribution in [0, 0.1) is 11.8 Å². The van der Waals surface area contributed by atoms with E-state index in [0.717, 1.165) is 17.8 Å². The standard InChI is InChI=1S/C20H25N3/c1-16(2)14-21-19-11-9-18(10-12-19)13-17(3)15-22-23-20-7-5-4-6-8-20/h4-12,14-17,23H,13H2,1-3H3/b21-14+,22-15+. The van der Waals surface area contributed by atoms with Crippen molar-refractivity contribution in [3.63, 3.8) is 0 Å². The van der Waals surface area contributed by atoms with Gasteiger partial charge in [-0.05, 0) is 48.1 Å². The molecule has 0 heterocycles. The SMILES string of the molecule is CC(C)/C=N/c1ccc(CC(C)/C=N/Nc2ccccc2)cc1. The van der Waals surface area contributed by atoms with Crippen molar-refractivity contribution in [3.05, 3.63) is 60.2 Å². The summed E-state index contributed by atoms with van der Waals surface area (Å²) in [7, 11) is 0. The van der Waals surface area contributed by atoms with Crippen molar-refractivity contribution in [2.24, 2.45) is 21.9 Å². The molecule has 0 bridgehead atoms. The highest BCUT2D eigenvalue weighted by Gasteiger charge is 2.01. The lowest BCUT2D eigenvalue weighted by Crippen LogP contribution is -2.02. The van der Waals surface area contributed by atoms with Gasteiger partial charge in [-0.25, -0.2) is 0 Å². The van der Waals surface area contributed by atoms with Crippen LogP contribution < -0.4 is 5.43 Å². The second-order valence-electron chi connectivity index (χ2n) is 6.13. The molecule has 1 atom stereocenters. The van der Waals surface area contributed by atoms with Gasteiger partial charge >= 0.3 is 0 Å². The van der Waals surface area contributed by atoms with Crippen molar-refractivity contribution in [2.45, 2.75) is 27.2 Å². The van der Waals surface area contributed by atoms with Gasteiger partial charge in [-0.15, -0.1) is 0 Å². The van der Waals surface area contributed by atoms with Gasteiger partial charge < -0.3 is 0 Å². The minimum Gasteiger partial charge on any atom is -0.279 e. The molecule has 3 nitrogen and oxygen atoms in total. The second kappa shape index (κ2) is 8.89. The van der Waals surface area contributed by atoms with E-state index in [2.05, 4.69) is 60.6 Å². The molecule has 0 saturated heterocycles. The highest BCUT2D eigenvalue weighted by Crippen LogP contribution is 2.15. The highest BCUT2D eigenvalue weighted by molar-refractivity contribution is 5.65. The van der Waals surface area contributed by atoms with E-state index in [0.29, 0.717) is 11.8 Å². The lowest BCUT2D eigenvalue weighted by molar-refractivity contribution is 0.781. The maximum atomic E-state index is 4.45. The first-order chi connectivity index (χ1) is 11.1. The molecule has 0 spiro atoms. The van der Waals surface area contributed by atoms with Crippen molar-refractivity contribution in [1.29, 1.82) is 0 Å². The molecule has 0 aromatic heterocycles. The molecule has 0 aliphatic carbocycles. The Morgan fingerprint density at radius 1 is 0.913 bits per heavy atom. The molecule has 3 heteroatoms. The molecule has 0 fully saturated rings. The first kappa shape index (κ1) is 16.9. The summed E-state index contributed by atoms with van der Waals surface area (Å²) >= 11 is 0. The van der Waals surface area contributed by atoms with Crippen LogP contribution in [0.25, 0.3) is 0 Å². The zero-order valence-corrected chi connectivity index (χ0v) is 14.1. The van der Waals surface area contributed by atoms with Crippen LogP contribution in [0.15, 0.2) is 64.7 Å². The van der Waals surface area contributed by atoms with E-state index in [4.69, 9.17) is 0 Å². The van der Waals surface area contributed by atoms with Gasteiger partial charge in [-0.3, -0.25) is 10.4 Å². The zero-order chi connectivity index (χ0) is 16.5. The van der Waals surface area contributed by atoms with Crippen molar-refractivity contribution < 1.29 is 0 Å². The Morgan fingerprint density at radius 3 is 2.26 bits per heavy atom. The van der Waals surface area contributed by atoms with Gasteiger partial charge in [0.2, 0.25) is 0 Å². The number of hydrazone groups is 1. The minimum absolute atomic E-state index is 0.372. The van der Waals surface area contributed by atoms with Crippen molar-refractivity contribution >= 4 is 23.8 Å². The van der Waals surface area contributed by atoms with Crippen LogP contribution in [-0.4, -0.2) is 12.4 Å². The molecule has 2 aromatic rings. The van der Waals surface area contributed by atoms with Crippen LogP contribution in [0.5, 0.6) is 0 Å². The van der Waals surface area contributed by atoms with Crippen molar-refractivity contribution in [3.8, 4) is 0 Å². The summed E-state index contributed by atoms with van der Waals surface area (Å²) in [6, 6.07) is 18.4. The highest BCUT2D eigenvalue weighted by atomic mass is 15.3. The molecule has 0 radical (unpaired) electrons. The monoisotopic (exact) mass is 307 g/mol. The van der Waals surface area contributed by atoms with E-state index < -0.39 is 0 Å². The van der Waals surface area contributed by atoms with E-state index in [1.165, 1.54) is 5.56 Å². The lowest BCUT2D eigenvalue weighted by Gasteiger charge is -2.07. The number of hydrogen-bond donors (Lipinski definition) is 1. The molecule has 23 heavy (non-hydrogen) atoms. The van der Waals surface area contributed by atoms with Gasteiger partial charge in [-0.2, -0.15) is 5.10 Å². The number of aliphatic imine (C=N–C) groups is 1. The first-order valence-corrected chi connectivity index (χ1v) is 8.11. The third-order valence-corrected chi connectivity index (χ3v) is 3.31. The van der Waals surface area contributed by atoms with E-state index in [1.807, 2.05) is 42.8 Å². The second-order valence-corrected chi connectivity index (χ2v) is 6.13. The number of nitrogens with zero attached hydrogens (tertiary/aromatic N) is 2. The molecule has 0 amide bonds. The normalized spacial score (nSPS) is 13.0. The van der Waals surface area contributed by atoms with Crippen LogP contribution in [0.1, 0.15) is 26.3 Å². The van der Waals surface area contributed by atoms with Crippen molar-refractivity contribution in [2.75, 3.05) is 5.43 Å². The van der Waals surface area contributed by atoms with Crippen LogP contribution >= 0.6 is 0 Å². The Kier molecular flexibility index (Phi) is 6.55. The average Bonchev–Trinajstić information content (AvgIpc) is 2.55. The van der Waals surface area contributed by atoms with Gasteiger partial charge in [0, 0.05) is 12.4 Å². The summed E-state index contributed by atoms with van der Waals surface area (Å²) in [5, 5.41) is 4.31. The number of hydrogen-bond acceptors (Lipinski definition) is 3. The first-order valence-electron chi connectivity index (χ1n) is 8.11.